The Morgan fingerprint density at radius 1 is 1.03 bits per heavy atom. The number of esters is 2. The molecule has 1 aliphatic heterocycles. The van der Waals surface area contributed by atoms with Gasteiger partial charge in [0.2, 0.25) is 0 Å². The van der Waals surface area contributed by atoms with Crippen LogP contribution in [0.25, 0.3) is 16.7 Å². The highest BCUT2D eigenvalue weighted by molar-refractivity contribution is 7.13. The lowest BCUT2D eigenvalue weighted by atomic mass is 9.85. The van der Waals surface area contributed by atoms with E-state index in [0.29, 0.717) is 29.2 Å². The number of anilines is 1. The molecule has 6 nitrogen and oxygen atoms in total. The maximum atomic E-state index is 12.8. The van der Waals surface area contributed by atoms with Gasteiger partial charge >= 0.3 is 11.9 Å². The van der Waals surface area contributed by atoms with Crippen molar-refractivity contribution >= 4 is 34.5 Å². The quantitative estimate of drug-likeness (QED) is 0.247. The number of allylic oxidation sites excluding steroid dienone is 1. The smallest absolute Gasteiger partial charge is 0.348 e. The Balaban J connectivity index is 1.77. The summed E-state index contributed by atoms with van der Waals surface area (Å²) in [6.07, 6.45) is 3.25. The summed E-state index contributed by atoms with van der Waals surface area (Å²) >= 11 is 1.42. The predicted octanol–water partition coefficient (Wildman–Crippen LogP) is 7.40. The van der Waals surface area contributed by atoms with E-state index in [1.807, 2.05) is 38.1 Å². The minimum atomic E-state index is -0.350. The molecule has 3 aromatic rings. The zero-order valence-electron chi connectivity index (χ0n) is 22.2. The zero-order chi connectivity index (χ0) is 26.7. The summed E-state index contributed by atoms with van der Waals surface area (Å²) in [5.41, 5.74) is 5.46. The van der Waals surface area contributed by atoms with Crippen molar-refractivity contribution in [2.45, 2.75) is 59.6 Å². The zero-order valence-corrected chi connectivity index (χ0v) is 23.0. The third-order valence-electron chi connectivity index (χ3n) is 6.18. The number of benzene rings is 2. The van der Waals surface area contributed by atoms with E-state index in [-0.39, 0.29) is 24.1 Å². The van der Waals surface area contributed by atoms with Gasteiger partial charge in [-0.3, -0.25) is 4.79 Å². The van der Waals surface area contributed by atoms with E-state index in [1.165, 1.54) is 11.3 Å². The lowest BCUT2D eigenvalue weighted by Crippen LogP contribution is -2.32. The number of ether oxygens (including phenoxy) is 3. The molecule has 0 radical (unpaired) electrons. The van der Waals surface area contributed by atoms with Gasteiger partial charge in [0.1, 0.15) is 23.0 Å². The molecule has 2 heterocycles. The summed E-state index contributed by atoms with van der Waals surface area (Å²) in [6.45, 7) is 10.3. The standard InChI is InChI=1S/C30H33NO5S/c1-7-8-27(32)36-20-10-11-22(25(15-20)34-6)21-12-13-24-28(18(2)16-30(4,5)31-24)23(21)17-35-29(33)26-14-9-19(3)37-26/h9-16,31H,7-8,17H2,1-6H3. The fraction of sp³-hybridized carbons (Fsp3) is 0.333. The minimum Gasteiger partial charge on any atom is -0.496 e. The van der Waals surface area contributed by atoms with Gasteiger partial charge in [0.15, 0.2) is 0 Å². The molecular weight excluding hydrogens is 486 g/mol. The van der Waals surface area contributed by atoms with E-state index in [2.05, 4.69) is 32.2 Å². The van der Waals surface area contributed by atoms with Gasteiger partial charge in [0, 0.05) is 39.7 Å². The van der Waals surface area contributed by atoms with Gasteiger partial charge in [-0.05, 0) is 75.6 Å². The average Bonchev–Trinajstić information content (AvgIpc) is 3.28. The molecule has 0 bridgehead atoms. The van der Waals surface area contributed by atoms with Crippen LogP contribution in [0.4, 0.5) is 5.69 Å². The van der Waals surface area contributed by atoms with Crippen molar-refractivity contribution in [1.29, 1.82) is 0 Å². The Morgan fingerprint density at radius 3 is 2.46 bits per heavy atom. The molecule has 1 N–H and O–H groups in total. The molecule has 7 heteroatoms. The fourth-order valence-electron chi connectivity index (χ4n) is 4.70. The third kappa shape index (κ3) is 5.88. The van der Waals surface area contributed by atoms with Crippen LogP contribution in [0, 0.1) is 6.92 Å². The second-order valence-corrected chi connectivity index (χ2v) is 11.0. The molecule has 37 heavy (non-hydrogen) atoms. The van der Waals surface area contributed by atoms with Crippen LogP contribution in [0.2, 0.25) is 0 Å². The number of fused-ring (bicyclic) bond motifs is 1. The number of carbonyl (C=O) groups is 2. The fourth-order valence-corrected chi connectivity index (χ4v) is 5.46. The van der Waals surface area contributed by atoms with E-state index in [1.54, 1.807) is 25.3 Å². The number of nitrogens with one attached hydrogen (secondary N) is 1. The molecule has 0 atom stereocenters. The number of thiophene rings is 1. The second-order valence-electron chi connectivity index (χ2n) is 9.76. The Morgan fingerprint density at radius 2 is 1.78 bits per heavy atom. The molecule has 2 aromatic carbocycles. The van der Waals surface area contributed by atoms with Crippen molar-refractivity contribution in [3.8, 4) is 22.6 Å². The topological polar surface area (TPSA) is 73.9 Å². The summed E-state index contributed by atoms with van der Waals surface area (Å²) in [7, 11) is 1.59. The van der Waals surface area contributed by atoms with Gasteiger partial charge in [-0.15, -0.1) is 11.3 Å². The number of rotatable bonds is 8. The minimum absolute atomic E-state index is 0.0952. The summed E-state index contributed by atoms with van der Waals surface area (Å²) in [4.78, 5) is 26.5. The Bertz CT molecular complexity index is 1370. The Kier molecular flexibility index (Phi) is 7.73. The first-order valence-corrected chi connectivity index (χ1v) is 13.2. The molecule has 0 amide bonds. The highest BCUT2D eigenvalue weighted by Crippen LogP contribution is 2.43. The number of methoxy groups -OCH3 is 1. The number of carbonyl (C=O) groups excluding carboxylic acids is 2. The van der Waals surface area contributed by atoms with Crippen LogP contribution in [0.3, 0.4) is 0 Å². The highest BCUT2D eigenvalue weighted by atomic mass is 32.1. The van der Waals surface area contributed by atoms with Crippen molar-refractivity contribution in [3.05, 3.63) is 69.4 Å². The van der Waals surface area contributed by atoms with Gasteiger partial charge in [-0.25, -0.2) is 4.79 Å². The summed E-state index contributed by atoms with van der Waals surface area (Å²) < 4.78 is 17.0. The summed E-state index contributed by atoms with van der Waals surface area (Å²) in [6, 6.07) is 13.1. The Labute approximate surface area is 222 Å². The molecule has 0 saturated carbocycles. The van der Waals surface area contributed by atoms with Crippen LogP contribution in [0.5, 0.6) is 11.5 Å². The van der Waals surface area contributed by atoms with Gasteiger partial charge in [-0.2, -0.15) is 0 Å². The third-order valence-corrected chi connectivity index (χ3v) is 7.16. The highest BCUT2D eigenvalue weighted by Gasteiger charge is 2.27. The van der Waals surface area contributed by atoms with Crippen molar-refractivity contribution in [2.75, 3.05) is 12.4 Å². The predicted molar refractivity (Wildman–Crippen MR) is 149 cm³/mol. The van der Waals surface area contributed by atoms with E-state index < -0.39 is 0 Å². The van der Waals surface area contributed by atoms with E-state index >= 15 is 0 Å². The van der Waals surface area contributed by atoms with E-state index in [4.69, 9.17) is 14.2 Å². The maximum Gasteiger partial charge on any atom is 0.348 e. The van der Waals surface area contributed by atoms with Crippen molar-refractivity contribution in [2.24, 2.45) is 0 Å². The SMILES string of the molecule is CCCC(=O)Oc1ccc(-c2ccc3c(c2COC(=O)c2ccc(C)s2)C(C)=CC(C)(C)N3)c(OC)c1. The number of hydrogen-bond donors (Lipinski definition) is 1. The molecule has 0 aliphatic carbocycles. The molecule has 0 unspecified atom stereocenters. The van der Waals surface area contributed by atoms with Gasteiger partial charge < -0.3 is 19.5 Å². The molecule has 0 spiro atoms. The average molecular weight is 520 g/mol. The first-order chi connectivity index (χ1) is 17.6. The van der Waals surface area contributed by atoms with Gasteiger partial charge in [-0.1, -0.05) is 19.1 Å². The summed E-state index contributed by atoms with van der Waals surface area (Å²) in [5, 5.41) is 3.58. The molecule has 194 valence electrons. The number of hydrogen-bond acceptors (Lipinski definition) is 7. The maximum absolute atomic E-state index is 12.8. The van der Waals surface area contributed by atoms with E-state index in [9.17, 15) is 9.59 Å². The van der Waals surface area contributed by atoms with Crippen molar-refractivity contribution < 1.29 is 23.8 Å². The number of aryl methyl sites for hydroxylation is 1. The van der Waals surface area contributed by atoms with E-state index in [0.717, 1.165) is 38.4 Å². The monoisotopic (exact) mass is 519 g/mol. The lowest BCUT2D eigenvalue weighted by molar-refractivity contribution is -0.134. The van der Waals surface area contributed by atoms with Crippen LogP contribution in [0.15, 0.2) is 48.5 Å². The Hall–Kier alpha value is -3.58. The van der Waals surface area contributed by atoms with Crippen LogP contribution < -0.4 is 14.8 Å². The van der Waals surface area contributed by atoms with Crippen LogP contribution >= 0.6 is 11.3 Å². The molecular formula is C30H33NO5S. The normalized spacial score (nSPS) is 13.7. The largest absolute Gasteiger partial charge is 0.496 e. The first kappa shape index (κ1) is 26.5. The molecule has 0 saturated heterocycles. The van der Waals surface area contributed by atoms with Crippen molar-refractivity contribution in [3.63, 3.8) is 0 Å². The van der Waals surface area contributed by atoms with Crippen molar-refractivity contribution in [1.82, 2.24) is 0 Å². The first-order valence-electron chi connectivity index (χ1n) is 12.4. The van der Waals surface area contributed by atoms with Crippen LogP contribution in [-0.2, 0) is 16.1 Å². The van der Waals surface area contributed by atoms with Crippen LogP contribution in [-0.4, -0.2) is 24.6 Å². The second kappa shape index (κ2) is 10.8. The van der Waals surface area contributed by atoms with Crippen LogP contribution in [0.1, 0.15) is 66.2 Å². The van der Waals surface area contributed by atoms with Gasteiger partial charge in [0.05, 0.1) is 12.6 Å². The lowest BCUT2D eigenvalue weighted by Gasteiger charge is -2.33. The molecule has 1 aromatic heterocycles. The summed E-state index contributed by atoms with van der Waals surface area (Å²) in [5.74, 6) is 0.362. The molecule has 1 aliphatic rings. The molecule has 4 rings (SSSR count). The molecule has 0 fully saturated rings. The van der Waals surface area contributed by atoms with Gasteiger partial charge in [0.25, 0.3) is 0 Å².